The minimum absolute atomic E-state index is 0.0881. The summed E-state index contributed by atoms with van der Waals surface area (Å²) in [6.45, 7) is 2.08. The van der Waals surface area contributed by atoms with Gasteiger partial charge in [-0.2, -0.15) is 5.10 Å². The second-order valence-electron chi connectivity index (χ2n) is 5.62. The normalized spacial score (nSPS) is 15.7. The first-order chi connectivity index (χ1) is 10.3. The van der Waals surface area contributed by atoms with Crippen LogP contribution in [0.5, 0.6) is 0 Å². The third-order valence-electron chi connectivity index (χ3n) is 4.00. The summed E-state index contributed by atoms with van der Waals surface area (Å²) in [5.41, 5.74) is 1.69. The Hall–Kier alpha value is -1.56. The zero-order chi connectivity index (χ0) is 14.7. The quantitative estimate of drug-likeness (QED) is 0.769. The fourth-order valence-electron chi connectivity index (χ4n) is 2.91. The van der Waals surface area contributed by atoms with Crippen molar-refractivity contribution in [2.75, 3.05) is 0 Å². The second-order valence-corrected chi connectivity index (χ2v) is 6.38. The van der Waals surface area contributed by atoms with Gasteiger partial charge in [0.2, 0.25) is 0 Å². The Kier molecular flexibility index (Phi) is 4.43. The number of rotatable bonds is 6. The van der Waals surface area contributed by atoms with E-state index in [4.69, 9.17) is 0 Å². The summed E-state index contributed by atoms with van der Waals surface area (Å²) < 4.78 is 5.95. The molecule has 1 aliphatic rings. The highest BCUT2D eigenvalue weighted by molar-refractivity contribution is 7.08. The molecule has 5 nitrogen and oxygen atoms in total. The van der Waals surface area contributed by atoms with Gasteiger partial charge >= 0.3 is 0 Å². The SMILES string of the molecule is CCCc1nnsc1C(=O)Cc1ccn(C2CCCC2)n1. The summed E-state index contributed by atoms with van der Waals surface area (Å²) in [5.74, 6) is 0.0881. The molecule has 0 amide bonds. The van der Waals surface area contributed by atoms with Gasteiger partial charge in [-0.05, 0) is 36.9 Å². The first kappa shape index (κ1) is 14.4. The summed E-state index contributed by atoms with van der Waals surface area (Å²) in [6, 6.07) is 2.49. The number of hydrogen-bond acceptors (Lipinski definition) is 5. The van der Waals surface area contributed by atoms with E-state index in [9.17, 15) is 4.79 Å². The van der Waals surface area contributed by atoms with Crippen LogP contribution in [0.1, 0.15) is 66.1 Å². The molecule has 0 aliphatic heterocycles. The summed E-state index contributed by atoms with van der Waals surface area (Å²) >= 11 is 1.20. The number of carbonyl (C=O) groups excluding carboxylic acids is 1. The second kappa shape index (κ2) is 6.47. The lowest BCUT2D eigenvalue weighted by atomic mass is 10.1. The van der Waals surface area contributed by atoms with Gasteiger partial charge in [0.25, 0.3) is 0 Å². The van der Waals surface area contributed by atoms with Crippen molar-refractivity contribution >= 4 is 17.3 Å². The van der Waals surface area contributed by atoms with Gasteiger partial charge in [-0.25, -0.2) is 0 Å². The Morgan fingerprint density at radius 3 is 3.00 bits per heavy atom. The van der Waals surface area contributed by atoms with Crippen LogP contribution in [0.4, 0.5) is 0 Å². The smallest absolute Gasteiger partial charge is 0.182 e. The zero-order valence-electron chi connectivity index (χ0n) is 12.3. The van der Waals surface area contributed by atoms with E-state index in [1.807, 2.05) is 16.9 Å². The van der Waals surface area contributed by atoms with E-state index >= 15 is 0 Å². The van der Waals surface area contributed by atoms with Gasteiger partial charge in [0.05, 0.1) is 23.9 Å². The number of carbonyl (C=O) groups is 1. The van der Waals surface area contributed by atoms with Gasteiger partial charge in [0.1, 0.15) is 4.88 Å². The molecule has 1 aliphatic carbocycles. The van der Waals surface area contributed by atoms with Gasteiger partial charge in [-0.1, -0.05) is 30.7 Å². The number of Topliss-reactive ketones (excluding diaryl/α,β-unsaturated/α-hetero) is 1. The fraction of sp³-hybridized carbons (Fsp3) is 0.600. The highest BCUT2D eigenvalue weighted by atomic mass is 32.1. The lowest BCUT2D eigenvalue weighted by Gasteiger charge is -2.08. The molecule has 2 aromatic rings. The highest BCUT2D eigenvalue weighted by Crippen LogP contribution is 2.28. The van der Waals surface area contributed by atoms with Crippen molar-refractivity contribution in [1.82, 2.24) is 19.4 Å². The Balaban J connectivity index is 1.68. The lowest BCUT2D eigenvalue weighted by Crippen LogP contribution is -2.08. The Morgan fingerprint density at radius 1 is 1.43 bits per heavy atom. The van der Waals surface area contributed by atoms with Gasteiger partial charge < -0.3 is 0 Å². The van der Waals surface area contributed by atoms with Crippen LogP contribution >= 0.6 is 11.5 Å². The summed E-state index contributed by atoms with van der Waals surface area (Å²) in [6.07, 6.45) is 9.12. The molecule has 3 rings (SSSR count). The van der Waals surface area contributed by atoms with Crippen LogP contribution in [-0.4, -0.2) is 25.2 Å². The van der Waals surface area contributed by atoms with E-state index < -0.39 is 0 Å². The molecule has 0 radical (unpaired) electrons. The Morgan fingerprint density at radius 2 is 2.24 bits per heavy atom. The summed E-state index contributed by atoms with van der Waals surface area (Å²) in [5, 5.41) is 8.64. The number of ketones is 1. The molecule has 1 fully saturated rings. The van der Waals surface area contributed by atoms with Crippen molar-refractivity contribution in [3.63, 3.8) is 0 Å². The molecule has 21 heavy (non-hydrogen) atoms. The molecule has 2 aromatic heterocycles. The highest BCUT2D eigenvalue weighted by Gasteiger charge is 2.20. The monoisotopic (exact) mass is 304 g/mol. The van der Waals surface area contributed by atoms with Gasteiger partial charge in [-0.3, -0.25) is 9.48 Å². The molecule has 2 heterocycles. The van der Waals surface area contributed by atoms with Crippen molar-refractivity contribution in [2.24, 2.45) is 0 Å². The largest absolute Gasteiger partial charge is 0.293 e. The van der Waals surface area contributed by atoms with Crippen LogP contribution < -0.4 is 0 Å². The fourth-order valence-corrected chi connectivity index (χ4v) is 3.55. The first-order valence-corrected chi connectivity index (χ1v) is 8.43. The maximum Gasteiger partial charge on any atom is 0.182 e. The third-order valence-corrected chi connectivity index (χ3v) is 4.81. The van der Waals surface area contributed by atoms with Gasteiger partial charge in [0, 0.05) is 6.20 Å². The van der Waals surface area contributed by atoms with Gasteiger partial charge in [-0.15, -0.1) is 5.10 Å². The van der Waals surface area contributed by atoms with E-state index in [1.54, 1.807) is 0 Å². The Labute approximate surface area is 128 Å². The van der Waals surface area contributed by atoms with Crippen LogP contribution in [0, 0.1) is 0 Å². The van der Waals surface area contributed by atoms with Crippen LogP contribution in [-0.2, 0) is 12.8 Å². The van der Waals surface area contributed by atoms with Gasteiger partial charge in [0.15, 0.2) is 5.78 Å². The molecule has 0 bridgehead atoms. The molecule has 0 N–H and O–H groups in total. The topological polar surface area (TPSA) is 60.7 Å². The van der Waals surface area contributed by atoms with Crippen LogP contribution in [0.2, 0.25) is 0 Å². The number of nitrogens with zero attached hydrogens (tertiary/aromatic N) is 4. The maximum absolute atomic E-state index is 12.4. The molecule has 0 unspecified atom stereocenters. The maximum atomic E-state index is 12.4. The minimum atomic E-state index is 0.0881. The average Bonchev–Trinajstić information content (AvgIpc) is 3.20. The average molecular weight is 304 g/mol. The van der Waals surface area contributed by atoms with Crippen LogP contribution in [0.3, 0.4) is 0 Å². The number of aromatic nitrogens is 4. The molecule has 6 heteroatoms. The summed E-state index contributed by atoms with van der Waals surface area (Å²) in [4.78, 5) is 13.1. The van der Waals surface area contributed by atoms with E-state index in [0.29, 0.717) is 17.3 Å². The van der Waals surface area contributed by atoms with Crippen LogP contribution in [0.15, 0.2) is 12.3 Å². The molecule has 1 saturated carbocycles. The zero-order valence-corrected chi connectivity index (χ0v) is 13.1. The Bertz CT molecular complexity index is 613. The van der Waals surface area contributed by atoms with E-state index in [2.05, 4.69) is 21.6 Å². The van der Waals surface area contributed by atoms with Crippen molar-refractivity contribution in [3.05, 3.63) is 28.5 Å². The molecular formula is C15H20N4OS. The molecule has 0 spiro atoms. The number of hydrogen-bond donors (Lipinski definition) is 0. The van der Waals surface area contributed by atoms with E-state index in [0.717, 1.165) is 24.2 Å². The molecule has 0 aromatic carbocycles. The molecule has 0 atom stereocenters. The van der Waals surface area contributed by atoms with Crippen molar-refractivity contribution in [3.8, 4) is 0 Å². The van der Waals surface area contributed by atoms with Crippen molar-refractivity contribution in [1.29, 1.82) is 0 Å². The predicted molar refractivity (Wildman–Crippen MR) is 81.7 cm³/mol. The number of aryl methyl sites for hydroxylation is 1. The lowest BCUT2D eigenvalue weighted by molar-refractivity contribution is 0.0994. The molecular weight excluding hydrogens is 284 g/mol. The van der Waals surface area contributed by atoms with Crippen molar-refractivity contribution < 1.29 is 4.79 Å². The predicted octanol–water partition coefficient (Wildman–Crippen LogP) is 3.23. The third kappa shape index (κ3) is 3.20. The molecule has 112 valence electrons. The van der Waals surface area contributed by atoms with Crippen molar-refractivity contribution in [2.45, 2.75) is 57.9 Å². The first-order valence-electron chi connectivity index (χ1n) is 7.66. The van der Waals surface area contributed by atoms with E-state index in [-0.39, 0.29) is 5.78 Å². The molecule has 0 saturated heterocycles. The van der Waals surface area contributed by atoms with Crippen LogP contribution in [0.25, 0.3) is 0 Å². The van der Waals surface area contributed by atoms with E-state index in [1.165, 1.54) is 37.2 Å². The minimum Gasteiger partial charge on any atom is -0.293 e. The standard InChI is InChI=1S/C15H20N4OS/c1-2-5-13-15(21-18-16-13)14(20)10-11-8-9-19(17-11)12-6-3-4-7-12/h8-9,12H,2-7,10H2,1H3. The summed E-state index contributed by atoms with van der Waals surface area (Å²) in [7, 11) is 0.